The maximum Gasteiger partial charge on any atom is 0.329 e. The number of rotatable bonds is 6. The predicted molar refractivity (Wildman–Crippen MR) is 117 cm³/mol. The molecule has 0 atom stereocenters. The maximum absolute atomic E-state index is 12.4. The number of aromatic nitrogens is 5. The topological polar surface area (TPSA) is 133 Å². The third-order valence-electron chi connectivity index (χ3n) is 4.93. The van der Waals surface area contributed by atoms with E-state index >= 15 is 0 Å². The minimum atomic E-state index is -0.548. The highest BCUT2D eigenvalue weighted by Gasteiger charge is 2.17. The van der Waals surface area contributed by atoms with Gasteiger partial charge in [0.25, 0.3) is 11.5 Å². The van der Waals surface area contributed by atoms with Crippen LogP contribution >= 0.6 is 15.9 Å². The molecular weight excluding hydrogens is 454 g/mol. The summed E-state index contributed by atoms with van der Waals surface area (Å²) in [6.45, 7) is 2.59. The Kier molecular flexibility index (Phi) is 5.29. The maximum atomic E-state index is 12.4. The van der Waals surface area contributed by atoms with E-state index in [1.54, 1.807) is 10.6 Å². The van der Waals surface area contributed by atoms with Gasteiger partial charge < -0.3 is 14.7 Å². The van der Waals surface area contributed by atoms with E-state index < -0.39 is 11.2 Å². The average Bonchev–Trinajstić information content (AvgIpc) is 3.23. The number of nitrogens with one attached hydrogen (secondary N) is 2. The van der Waals surface area contributed by atoms with Crippen LogP contribution in [0.1, 0.15) is 26.2 Å². The zero-order valence-electron chi connectivity index (χ0n) is 16.4. The first kappa shape index (κ1) is 20.1. The van der Waals surface area contributed by atoms with E-state index in [1.165, 1.54) is 11.6 Å². The fourth-order valence-corrected chi connectivity index (χ4v) is 3.70. The number of H-pyrrole nitrogens is 2. The lowest BCUT2D eigenvalue weighted by Gasteiger charge is -2.05. The Morgan fingerprint density at radius 3 is 2.77 bits per heavy atom. The van der Waals surface area contributed by atoms with Crippen molar-refractivity contribution in [2.75, 3.05) is 0 Å². The molecule has 0 aliphatic heterocycles. The molecule has 0 aliphatic carbocycles. The van der Waals surface area contributed by atoms with Gasteiger partial charge in [0.15, 0.2) is 22.7 Å². The highest BCUT2D eigenvalue weighted by Crippen LogP contribution is 2.37. The molecule has 0 bridgehead atoms. The lowest BCUT2D eigenvalue weighted by atomic mass is 10.2. The normalized spacial score (nSPS) is 12.0. The molecule has 0 spiro atoms. The van der Waals surface area contributed by atoms with Crippen LogP contribution in [0.25, 0.3) is 22.1 Å². The molecule has 3 heterocycles. The van der Waals surface area contributed by atoms with E-state index in [9.17, 15) is 14.7 Å². The number of aromatic hydroxyl groups is 1. The first-order chi connectivity index (χ1) is 14.4. The van der Waals surface area contributed by atoms with Gasteiger partial charge in [-0.15, -0.1) is 10.2 Å². The summed E-state index contributed by atoms with van der Waals surface area (Å²) in [5.41, 5.74) is 0.149. The predicted octanol–water partition coefficient (Wildman–Crippen LogP) is 3.98. The number of hydrogen-bond acceptors (Lipinski definition) is 6. The van der Waals surface area contributed by atoms with Gasteiger partial charge in [-0.3, -0.25) is 14.3 Å². The summed E-state index contributed by atoms with van der Waals surface area (Å²) < 4.78 is 3.75. The first-order valence-electron chi connectivity index (χ1n) is 9.52. The van der Waals surface area contributed by atoms with Crippen molar-refractivity contribution >= 4 is 49.8 Å². The second-order valence-electron chi connectivity index (χ2n) is 6.97. The van der Waals surface area contributed by atoms with Gasteiger partial charge in [0.05, 0.1) is 5.52 Å². The lowest BCUT2D eigenvalue weighted by molar-refractivity contribution is 0.482. The minimum absolute atomic E-state index is 0.0334. The molecule has 3 N–H and O–H groups in total. The van der Waals surface area contributed by atoms with Gasteiger partial charge in [-0.25, -0.2) is 4.79 Å². The van der Waals surface area contributed by atoms with Gasteiger partial charge in [-0.1, -0.05) is 35.7 Å². The van der Waals surface area contributed by atoms with Crippen LogP contribution < -0.4 is 11.2 Å². The number of azo groups is 1. The van der Waals surface area contributed by atoms with Gasteiger partial charge in [-0.05, 0) is 24.6 Å². The molecular formula is C19H20BrN7O3. The first-order valence-corrected chi connectivity index (χ1v) is 10.3. The molecule has 0 aliphatic rings. The van der Waals surface area contributed by atoms with E-state index in [1.807, 2.05) is 12.1 Å². The Bertz CT molecular complexity index is 1390. The summed E-state index contributed by atoms with van der Waals surface area (Å²) in [5, 5.41) is 19.4. The van der Waals surface area contributed by atoms with Crippen LogP contribution in [0.4, 0.5) is 11.8 Å². The van der Waals surface area contributed by atoms with Crippen molar-refractivity contribution in [1.29, 1.82) is 0 Å². The number of unbranched alkanes of at least 4 members (excludes halogenated alkanes) is 2. The van der Waals surface area contributed by atoms with E-state index in [0.29, 0.717) is 17.4 Å². The Labute approximate surface area is 178 Å². The Morgan fingerprint density at radius 1 is 1.20 bits per heavy atom. The van der Waals surface area contributed by atoms with Crippen LogP contribution in [0.2, 0.25) is 0 Å². The fraction of sp³-hybridized carbons (Fsp3) is 0.316. The number of halogens is 1. The van der Waals surface area contributed by atoms with Crippen LogP contribution in [0.15, 0.2) is 42.5 Å². The van der Waals surface area contributed by atoms with E-state index in [-0.39, 0.29) is 28.7 Å². The third-order valence-corrected chi connectivity index (χ3v) is 5.42. The summed E-state index contributed by atoms with van der Waals surface area (Å²) in [7, 11) is 1.53. The van der Waals surface area contributed by atoms with Crippen LogP contribution in [0.5, 0.6) is 5.75 Å². The second kappa shape index (κ2) is 7.90. The molecule has 0 saturated carbocycles. The monoisotopic (exact) mass is 473 g/mol. The fourth-order valence-electron chi connectivity index (χ4n) is 3.33. The Morgan fingerprint density at radius 2 is 2.00 bits per heavy atom. The molecule has 3 aromatic heterocycles. The van der Waals surface area contributed by atoms with Gasteiger partial charge >= 0.3 is 5.69 Å². The van der Waals surface area contributed by atoms with Crippen molar-refractivity contribution in [3.8, 4) is 5.75 Å². The van der Waals surface area contributed by atoms with Crippen molar-refractivity contribution in [2.45, 2.75) is 32.7 Å². The van der Waals surface area contributed by atoms with Crippen molar-refractivity contribution in [3.63, 3.8) is 0 Å². The number of nitrogens with zero attached hydrogens (tertiary/aromatic N) is 5. The number of benzene rings is 1. The van der Waals surface area contributed by atoms with Gasteiger partial charge in [0.2, 0.25) is 0 Å². The van der Waals surface area contributed by atoms with E-state index in [4.69, 9.17) is 0 Å². The molecule has 30 heavy (non-hydrogen) atoms. The van der Waals surface area contributed by atoms with Crippen molar-refractivity contribution in [1.82, 2.24) is 24.1 Å². The molecule has 1 aromatic carbocycles. The highest BCUT2D eigenvalue weighted by atomic mass is 79.9. The SMILES string of the molecule is CCCCCn1c(N=Nc2[nH]c3ccc(Br)cc3c2O)nc2c1c(=O)[nH]c(=O)n2C. The summed E-state index contributed by atoms with van der Waals surface area (Å²) >= 11 is 3.38. The molecule has 4 aromatic rings. The van der Waals surface area contributed by atoms with Gasteiger partial charge in [0.1, 0.15) is 0 Å². The number of imidazole rings is 1. The van der Waals surface area contributed by atoms with Crippen molar-refractivity contribution < 1.29 is 5.11 Å². The Balaban J connectivity index is 1.83. The van der Waals surface area contributed by atoms with Crippen LogP contribution in [-0.2, 0) is 13.6 Å². The molecule has 0 radical (unpaired) electrons. The van der Waals surface area contributed by atoms with Crippen molar-refractivity contribution in [2.24, 2.45) is 17.3 Å². The smallest absolute Gasteiger partial charge is 0.329 e. The standard InChI is InChI=1S/C19H20BrN7O3/c1-3-4-5-8-27-13-16(26(2)19(30)23-17(13)29)22-18(27)25-24-15-14(28)11-9-10(20)6-7-12(11)21-15/h6-7,9,21,28H,3-5,8H2,1-2H3,(H,23,29,30). The molecule has 0 fully saturated rings. The number of hydrogen-bond donors (Lipinski definition) is 3. The molecule has 11 heteroatoms. The molecule has 4 rings (SSSR count). The quantitative estimate of drug-likeness (QED) is 0.288. The van der Waals surface area contributed by atoms with Crippen LogP contribution in [0.3, 0.4) is 0 Å². The van der Waals surface area contributed by atoms with E-state index in [2.05, 4.69) is 48.0 Å². The second-order valence-corrected chi connectivity index (χ2v) is 7.89. The Hall–Kier alpha value is -3.21. The molecule has 10 nitrogen and oxygen atoms in total. The molecule has 0 amide bonds. The molecule has 0 unspecified atom stereocenters. The largest absolute Gasteiger partial charge is 0.504 e. The number of aromatic amines is 2. The molecule has 0 saturated heterocycles. The van der Waals surface area contributed by atoms with E-state index in [0.717, 1.165) is 23.7 Å². The zero-order chi connectivity index (χ0) is 21.4. The summed E-state index contributed by atoms with van der Waals surface area (Å²) in [5.74, 6) is 0.332. The van der Waals surface area contributed by atoms with Crippen LogP contribution in [-0.4, -0.2) is 29.2 Å². The lowest BCUT2D eigenvalue weighted by Crippen LogP contribution is -2.29. The number of aryl methyl sites for hydroxylation is 2. The average molecular weight is 474 g/mol. The minimum Gasteiger partial charge on any atom is -0.504 e. The van der Waals surface area contributed by atoms with Gasteiger partial charge in [0, 0.05) is 23.5 Å². The van der Waals surface area contributed by atoms with Gasteiger partial charge in [-0.2, -0.15) is 4.98 Å². The van der Waals surface area contributed by atoms with Crippen LogP contribution in [0, 0.1) is 0 Å². The highest BCUT2D eigenvalue weighted by molar-refractivity contribution is 9.10. The summed E-state index contributed by atoms with van der Waals surface area (Å²) in [6, 6.07) is 5.43. The molecule has 156 valence electrons. The van der Waals surface area contributed by atoms with Crippen molar-refractivity contribution in [3.05, 3.63) is 43.5 Å². The zero-order valence-corrected chi connectivity index (χ0v) is 18.0. The summed E-state index contributed by atoms with van der Waals surface area (Å²) in [4.78, 5) is 34.1. The number of fused-ring (bicyclic) bond motifs is 2. The third kappa shape index (κ3) is 3.45. The summed E-state index contributed by atoms with van der Waals surface area (Å²) in [6.07, 6.45) is 2.80.